The largest absolute Gasteiger partial charge is 0.497 e. The van der Waals surface area contributed by atoms with E-state index in [-0.39, 0.29) is 3.92 Å². The Kier molecular flexibility index (Phi) is 4.19. The lowest BCUT2D eigenvalue weighted by atomic mass is 10.1. The van der Waals surface area contributed by atoms with Crippen molar-refractivity contribution in [1.82, 2.24) is 0 Å². The fourth-order valence-electron chi connectivity index (χ4n) is 1.06. The zero-order valence-electron chi connectivity index (χ0n) is 7.74. The summed E-state index contributed by atoms with van der Waals surface area (Å²) in [6, 6.07) is 7.43. The molecule has 0 fully saturated rings. The highest BCUT2D eigenvalue weighted by Gasteiger charge is 2.12. The molecule has 76 valence electrons. The van der Waals surface area contributed by atoms with E-state index in [0.717, 1.165) is 11.3 Å². The van der Waals surface area contributed by atoms with Gasteiger partial charge in [0, 0.05) is 0 Å². The topological polar surface area (TPSA) is 46.5 Å². The average molecular weight is 306 g/mol. The van der Waals surface area contributed by atoms with Crippen molar-refractivity contribution in [3.63, 3.8) is 0 Å². The summed E-state index contributed by atoms with van der Waals surface area (Å²) >= 11 is 1.92. The second kappa shape index (κ2) is 5.19. The number of rotatable bonds is 4. The van der Waals surface area contributed by atoms with Gasteiger partial charge in [0.1, 0.15) is 9.67 Å². The summed E-state index contributed by atoms with van der Waals surface area (Å²) in [5.74, 6) is 0.00972. The maximum absolute atomic E-state index is 10.6. The predicted octanol–water partition coefficient (Wildman–Crippen LogP) is 2.13. The van der Waals surface area contributed by atoms with Crippen LogP contribution in [0.2, 0.25) is 0 Å². The molecule has 0 spiro atoms. The first kappa shape index (κ1) is 11.3. The van der Waals surface area contributed by atoms with Gasteiger partial charge in [0.05, 0.1) is 7.11 Å². The lowest BCUT2D eigenvalue weighted by molar-refractivity contribution is -0.135. The second-order valence-corrected chi connectivity index (χ2v) is 4.36. The fourth-order valence-corrected chi connectivity index (χ4v) is 1.56. The third-order valence-electron chi connectivity index (χ3n) is 1.84. The van der Waals surface area contributed by atoms with Gasteiger partial charge in [0.15, 0.2) is 0 Å². The summed E-state index contributed by atoms with van der Waals surface area (Å²) in [6.45, 7) is 0. The Morgan fingerprint density at radius 3 is 2.50 bits per heavy atom. The van der Waals surface area contributed by atoms with Crippen molar-refractivity contribution >= 4 is 28.6 Å². The molecule has 0 aliphatic rings. The maximum Gasteiger partial charge on any atom is 0.316 e. The van der Waals surface area contributed by atoms with Gasteiger partial charge >= 0.3 is 5.97 Å². The molecule has 0 aromatic heterocycles. The van der Waals surface area contributed by atoms with E-state index in [1.54, 1.807) is 7.11 Å². The van der Waals surface area contributed by atoms with E-state index in [0.29, 0.717) is 6.42 Å². The standard InChI is InChI=1S/C10H11IO3/c1-14-8-4-2-7(3-5-8)6-9(11)10(12)13/h2-5,9H,6H2,1H3,(H,12,13)/t9-/m0/s1. The minimum Gasteiger partial charge on any atom is -0.497 e. The maximum atomic E-state index is 10.6. The van der Waals surface area contributed by atoms with Gasteiger partial charge in [-0.05, 0) is 24.1 Å². The van der Waals surface area contributed by atoms with Gasteiger partial charge in [-0.3, -0.25) is 4.79 Å². The SMILES string of the molecule is COc1ccc(C[C@H](I)C(=O)O)cc1. The number of ether oxygens (including phenoxy) is 1. The Labute approximate surface area is 96.2 Å². The Balaban J connectivity index is 2.64. The molecule has 4 heteroatoms. The zero-order chi connectivity index (χ0) is 10.6. The third-order valence-corrected chi connectivity index (χ3v) is 2.82. The van der Waals surface area contributed by atoms with Crippen molar-refractivity contribution in [1.29, 1.82) is 0 Å². The molecule has 0 aliphatic carbocycles. The number of aliphatic carboxylic acids is 1. The molecular formula is C10H11IO3. The Bertz CT molecular complexity index is 308. The molecule has 0 radical (unpaired) electrons. The quantitative estimate of drug-likeness (QED) is 0.685. The van der Waals surface area contributed by atoms with Crippen LogP contribution >= 0.6 is 22.6 Å². The van der Waals surface area contributed by atoms with Gasteiger partial charge in [0.2, 0.25) is 0 Å². The zero-order valence-corrected chi connectivity index (χ0v) is 9.89. The van der Waals surface area contributed by atoms with E-state index >= 15 is 0 Å². The Hall–Kier alpha value is -0.780. The minimum atomic E-state index is -0.776. The number of benzene rings is 1. The predicted molar refractivity (Wildman–Crippen MR) is 62.1 cm³/mol. The van der Waals surface area contributed by atoms with Crippen LogP contribution in [0, 0.1) is 0 Å². The number of methoxy groups -OCH3 is 1. The normalized spacial score (nSPS) is 12.1. The summed E-state index contributed by atoms with van der Waals surface area (Å²) in [7, 11) is 1.60. The number of carboxylic acids is 1. The van der Waals surface area contributed by atoms with E-state index in [9.17, 15) is 4.79 Å². The van der Waals surface area contributed by atoms with Crippen LogP contribution in [0.25, 0.3) is 0 Å². The molecule has 0 heterocycles. The molecule has 3 nitrogen and oxygen atoms in total. The van der Waals surface area contributed by atoms with Crippen LogP contribution in [-0.4, -0.2) is 22.1 Å². The first-order valence-corrected chi connectivity index (χ1v) is 5.38. The van der Waals surface area contributed by atoms with Gasteiger partial charge in [-0.2, -0.15) is 0 Å². The number of carbonyl (C=O) groups is 1. The van der Waals surface area contributed by atoms with Gasteiger partial charge < -0.3 is 9.84 Å². The molecule has 0 bridgehead atoms. The minimum absolute atomic E-state index is 0.374. The summed E-state index contributed by atoms with van der Waals surface area (Å²) < 4.78 is 4.63. The van der Waals surface area contributed by atoms with E-state index in [2.05, 4.69) is 0 Å². The van der Waals surface area contributed by atoms with E-state index < -0.39 is 5.97 Å². The number of carboxylic acid groups (broad SMARTS) is 1. The van der Waals surface area contributed by atoms with Crippen LogP contribution in [0.15, 0.2) is 24.3 Å². The third kappa shape index (κ3) is 3.17. The van der Waals surface area contributed by atoms with Crippen molar-refractivity contribution in [3.8, 4) is 5.75 Å². The highest BCUT2D eigenvalue weighted by atomic mass is 127. The molecule has 0 amide bonds. The fraction of sp³-hybridized carbons (Fsp3) is 0.300. The van der Waals surface area contributed by atoms with Crippen molar-refractivity contribution in [3.05, 3.63) is 29.8 Å². The van der Waals surface area contributed by atoms with Crippen LogP contribution in [0.5, 0.6) is 5.75 Å². The number of hydrogen-bond acceptors (Lipinski definition) is 2. The lowest BCUT2D eigenvalue weighted by Gasteiger charge is -2.05. The van der Waals surface area contributed by atoms with Gasteiger partial charge in [0.25, 0.3) is 0 Å². The Morgan fingerprint density at radius 2 is 2.07 bits per heavy atom. The van der Waals surface area contributed by atoms with Gasteiger partial charge in [-0.15, -0.1) is 0 Å². The molecule has 1 aromatic rings. The first-order chi connectivity index (χ1) is 6.63. The van der Waals surface area contributed by atoms with E-state index in [1.807, 2.05) is 46.9 Å². The average Bonchev–Trinajstić information content (AvgIpc) is 2.19. The van der Waals surface area contributed by atoms with Crippen molar-refractivity contribution in [2.45, 2.75) is 10.3 Å². The summed E-state index contributed by atoms with van der Waals surface area (Å²) in [5.41, 5.74) is 1.01. The summed E-state index contributed by atoms with van der Waals surface area (Å²) in [6.07, 6.45) is 0.542. The smallest absolute Gasteiger partial charge is 0.316 e. The molecule has 1 N–H and O–H groups in total. The molecule has 0 aliphatic heterocycles. The molecule has 0 saturated heterocycles. The lowest BCUT2D eigenvalue weighted by Crippen LogP contribution is -2.15. The summed E-state index contributed by atoms with van der Waals surface area (Å²) in [5, 5.41) is 8.71. The van der Waals surface area contributed by atoms with Crippen molar-refractivity contribution in [2.75, 3.05) is 7.11 Å². The van der Waals surface area contributed by atoms with Gasteiger partial charge in [-0.1, -0.05) is 34.7 Å². The number of alkyl halides is 1. The summed E-state index contributed by atoms with van der Waals surface area (Å²) in [4.78, 5) is 10.6. The molecule has 1 rings (SSSR count). The first-order valence-electron chi connectivity index (χ1n) is 4.13. The highest BCUT2D eigenvalue weighted by molar-refractivity contribution is 14.1. The van der Waals surface area contributed by atoms with Crippen molar-refractivity contribution < 1.29 is 14.6 Å². The van der Waals surface area contributed by atoms with E-state index in [1.165, 1.54) is 0 Å². The van der Waals surface area contributed by atoms with Crippen LogP contribution in [-0.2, 0) is 11.2 Å². The van der Waals surface area contributed by atoms with Crippen LogP contribution in [0.3, 0.4) is 0 Å². The number of halogens is 1. The van der Waals surface area contributed by atoms with Crippen LogP contribution in [0.4, 0.5) is 0 Å². The Morgan fingerprint density at radius 1 is 1.50 bits per heavy atom. The second-order valence-electron chi connectivity index (χ2n) is 2.86. The molecule has 1 aromatic carbocycles. The molecular weight excluding hydrogens is 295 g/mol. The van der Waals surface area contributed by atoms with Crippen LogP contribution in [0.1, 0.15) is 5.56 Å². The van der Waals surface area contributed by atoms with Crippen molar-refractivity contribution in [2.24, 2.45) is 0 Å². The highest BCUT2D eigenvalue weighted by Crippen LogP contribution is 2.15. The van der Waals surface area contributed by atoms with Crippen LogP contribution < -0.4 is 4.74 Å². The molecule has 0 unspecified atom stereocenters. The van der Waals surface area contributed by atoms with E-state index in [4.69, 9.17) is 9.84 Å². The monoisotopic (exact) mass is 306 g/mol. The van der Waals surface area contributed by atoms with Gasteiger partial charge in [-0.25, -0.2) is 0 Å². The molecule has 14 heavy (non-hydrogen) atoms. The number of hydrogen-bond donors (Lipinski definition) is 1. The molecule has 0 saturated carbocycles. The molecule has 1 atom stereocenters.